The molecule has 0 radical (unpaired) electrons. The molecule has 0 atom stereocenters. The summed E-state index contributed by atoms with van der Waals surface area (Å²) in [6, 6.07) is 15.7. The molecule has 7 heteroatoms. The first-order chi connectivity index (χ1) is 12.2. The average molecular weight is 356 g/mol. The zero-order valence-electron chi connectivity index (χ0n) is 13.6. The molecule has 0 aliphatic heterocycles. The van der Waals surface area contributed by atoms with Crippen molar-refractivity contribution in [3.63, 3.8) is 0 Å². The standard InChI is InChI=1S/C18H17FN4OS/c1-2-23-17(14-10-6-7-11-15(14)19)21-22-18(23)25-12-16(24)20-13-8-4-3-5-9-13/h3-11H,2,12H2,1H3,(H,20,24). The molecular weight excluding hydrogens is 339 g/mol. The maximum Gasteiger partial charge on any atom is 0.234 e. The van der Waals surface area contributed by atoms with E-state index in [0.29, 0.717) is 23.1 Å². The number of hydrogen-bond acceptors (Lipinski definition) is 4. The van der Waals surface area contributed by atoms with Crippen LogP contribution in [0.15, 0.2) is 59.8 Å². The molecule has 1 amide bonds. The van der Waals surface area contributed by atoms with Crippen molar-refractivity contribution in [3.05, 3.63) is 60.4 Å². The summed E-state index contributed by atoms with van der Waals surface area (Å²) in [5.41, 5.74) is 1.15. The topological polar surface area (TPSA) is 59.8 Å². The molecule has 0 unspecified atom stereocenters. The molecule has 0 aliphatic carbocycles. The smallest absolute Gasteiger partial charge is 0.234 e. The summed E-state index contributed by atoms with van der Waals surface area (Å²) in [5, 5.41) is 11.6. The van der Waals surface area contributed by atoms with Crippen molar-refractivity contribution in [3.8, 4) is 11.4 Å². The average Bonchev–Trinajstić information content (AvgIpc) is 3.04. The molecule has 128 valence electrons. The highest BCUT2D eigenvalue weighted by molar-refractivity contribution is 7.99. The van der Waals surface area contributed by atoms with Gasteiger partial charge in [0.15, 0.2) is 11.0 Å². The fourth-order valence-corrected chi connectivity index (χ4v) is 3.17. The van der Waals surface area contributed by atoms with E-state index in [1.807, 2.05) is 37.3 Å². The number of para-hydroxylation sites is 1. The Morgan fingerprint density at radius 1 is 1.12 bits per heavy atom. The predicted molar refractivity (Wildman–Crippen MR) is 96.9 cm³/mol. The molecule has 1 N–H and O–H groups in total. The van der Waals surface area contributed by atoms with E-state index >= 15 is 0 Å². The summed E-state index contributed by atoms with van der Waals surface area (Å²) < 4.78 is 15.8. The lowest BCUT2D eigenvalue weighted by atomic mass is 10.2. The molecule has 25 heavy (non-hydrogen) atoms. The van der Waals surface area contributed by atoms with Crippen LogP contribution in [0.1, 0.15) is 6.92 Å². The number of halogens is 1. The first-order valence-corrected chi connectivity index (χ1v) is 8.83. The molecule has 0 aliphatic rings. The van der Waals surface area contributed by atoms with Gasteiger partial charge in [-0.25, -0.2) is 4.39 Å². The molecule has 0 spiro atoms. The summed E-state index contributed by atoms with van der Waals surface area (Å²) in [7, 11) is 0. The van der Waals surface area contributed by atoms with Crippen molar-refractivity contribution < 1.29 is 9.18 Å². The monoisotopic (exact) mass is 356 g/mol. The summed E-state index contributed by atoms with van der Waals surface area (Å²) in [4.78, 5) is 12.1. The van der Waals surface area contributed by atoms with Gasteiger partial charge < -0.3 is 9.88 Å². The van der Waals surface area contributed by atoms with Gasteiger partial charge in [-0.05, 0) is 31.2 Å². The fraction of sp³-hybridized carbons (Fsp3) is 0.167. The second-order valence-electron chi connectivity index (χ2n) is 5.23. The van der Waals surface area contributed by atoms with Crippen LogP contribution in [-0.4, -0.2) is 26.4 Å². The van der Waals surface area contributed by atoms with Crippen molar-refractivity contribution in [2.45, 2.75) is 18.6 Å². The third kappa shape index (κ3) is 4.06. The van der Waals surface area contributed by atoms with Gasteiger partial charge in [0.1, 0.15) is 5.82 Å². The molecule has 3 aromatic rings. The largest absolute Gasteiger partial charge is 0.325 e. The van der Waals surface area contributed by atoms with E-state index in [1.165, 1.54) is 17.8 Å². The van der Waals surface area contributed by atoms with Crippen LogP contribution in [0.25, 0.3) is 11.4 Å². The Morgan fingerprint density at radius 2 is 1.84 bits per heavy atom. The Labute approximate surface area is 149 Å². The van der Waals surface area contributed by atoms with E-state index < -0.39 is 0 Å². The minimum atomic E-state index is -0.344. The van der Waals surface area contributed by atoms with Gasteiger partial charge in [-0.3, -0.25) is 4.79 Å². The van der Waals surface area contributed by atoms with Crippen molar-refractivity contribution in [1.29, 1.82) is 0 Å². The zero-order chi connectivity index (χ0) is 17.6. The van der Waals surface area contributed by atoms with E-state index in [4.69, 9.17) is 0 Å². The van der Waals surface area contributed by atoms with Gasteiger partial charge >= 0.3 is 0 Å². The summed E-state index contributed by atoms with van der Waals surface area (Å²) >= 11 is 1.28. The number of aromatic nitrogens is 3. The van der Waals surface area contributed by atoms with Crippen LogP contribution in [0.3, 0.4) is 0 Å². The van der Waals surface area contributed by atoms with E-state index in [-0.39, 0.29) is 17.5 Å². The quantitative estimate of drug-likeness (QED) is 0.682. The first kappa shape index (κ1) is 17.2. The van der Waals surface area contributed by atoms with Gasteiger partial charge in [0, 0.05) is 12.2 Å². The Kier molecular flexibility index (Phi) is 5.45. The van der Waals surface area contributed by atoms with Crippen LogP contribution >= 0.6 is 11.8 Å². The number of nitrogens with one attached hydrogen (secondary N) is 1. The lowest BCUT2D eigenvalue weighted by Gasteiger charge is -2.08. The molecule has 5 nitrogen and oxygen atoms in total. The third-order valence-corrected chi connectivity index (χ3v) is 4.50. The summed E-state index contributed by atoms with van der Waals surface area (Å²) in [6.07, 6.45) is 0. The number of carbonyl (C=O) groups is 1. The number of carbonyl (C=O) groups excluding carboxylic acids is 1. The second kappa shape index (κ2) is 7.94. The van der Waals surface area contributed by atoms with Gasteiger partial charge in [0.25, 0.3) is 0 Å². The molecule has 1 heterocycles. The predicted octanol–water partition coefficient (Wildman–Crippen LogP) is 3.83. The van der Waals surface area contributed by atoms with Crippen LogP contribution < -0.4 is 5.32 Å². The highest BCUT2D eigenvalue weighted by Gasteiger charge is 2.16. The minimum Gasteiger partial charge on any atom is -0.325 e. The van der Waals surface area contributed by atoms with E-state index in [1.54, 1.807) is 22.8 Å². The Hall–Kier alpha value is -2.67. The zero-order valence-corrected chi connectivity index (χ0v) is 14.5. The van der Waals surface area contributed by atoms with E-state index in [0.717, 1.165) is 5.69 Å². The SMILES string of the molecule is CCn1c(SCC(=O)Nc2ccccc2)nnc1-c1ccccc1F. The summed E-state index contributed by atoms with van der Waals surface area (Å²) in [6.45, 7) is 2.51. The van der Waals surface area contributed by atoms with Crippen molar-refractivity contribution in [1.82, 2.24) is 14.8 Å². The van der Waals surface area contributed by atoms with Crippen molar-refractivity contribution in [2.24, 2.45) is 0 Å². The maximum atomic E-state index is 14.0. The van der Waals surface area contributed by atoms with Crippen molar-refractivity contribution >= 4 is 23.4 Å². The van der Waals surface area contributed by atoms with Gasteiger partial charge in [-0.2, -0.15) is 0 Å². The Bertz CT molecular complexity index is 867. The Morgan fingerprint density at radius 3 is 2.56 bits per heavy atom. The maximum absolute atomic E-state index is 14.0. The summed E-state index contributed by atoms with van der Waals surface area (Å²) in [5.74, 6) is 0.188. The number of hydrogen-bond donors (Lipinski definition) is 1. The molecule has 2 aromatic carbocycles. The number of benzene rings is 2. The second-order valence-corrected chi connectivity index (χ2v) is 6.18. The molecule has 0 bridgehead atoms. The number of anilines is 1. The minimum absolute atomic E-state index is 0.130. The van der Waals surface area contributed by atoms with E-state index in [2.05, 4.69) is 15.5 Å². The first-order valence-electron chi connectivity index (χ1n) is 7.85. The van der Waals surface area contributed by atoms with Crippen LogP contribution in [0.2, 0.25) is 0 Å². The van der Waals surface area contributed by atoms with Crippen LogP contribution in [0.5, 0.6) is 0 Å². The van der Waals surface area contributed by atoms with E-state index in [9.17, 15) is 9.18 Å². The lowest BCUT2D eigenvalue weighted by Crippen LogP contribution is -2.14. The molecule has 1 aromatic heterocycles. The lowest BCUT2D eigenvalue weighted by molar-refractivity contribution is -0.113. The fourth-order valence-electron chi connectivity index (χ4n) is 2.37. The van der Waals surface area contributed by atoms with Crippen molar-refractivity contribution in [2.75, 3.05) is 11.1 Å². The molecule has 0 saturated carbocycles. The molecular formula is C18H17FN4OS. The number of nitrogens with zero attached hydrogens (tertiary/aromatic N) is 3. The van der Waals surface area contributed by atoms with Gasteiger partial charge in [0.2, 0.25) is 5.91 Å². The Balaban J connectivity index is 1.71. The van der Waals surface area contributed by atoms with Crippen LogP contribution in [0.4, 0.5) is 10.1 Å². The molecule has 0 fully saturated rings. The van der Waals surface area contributed by atoms with Crippen LogP contribution in [-0.2, 0) is 11.3 Å². The molecule has 3 rings (SSSR count). The normalized spacial score (nSPS) is 10.6. The number of amides is 1. The van der Waals surface area contributed by atoms with Gasteiger partial charge in [-0.15, -0.1) is 10.2 Å². The highest BCUT2D eigenvalue weighted by atomic mass is 32.2. The van der Waals surface area contributed by atoms with Gasteiger partial charge in [-0.1, -0.05) is 42.1 Å². The van der Waals surface area contributed by atoms with Crippen LogP contribution in [0, 0.1) is 5.82 Å². The number of rotatable bonds is 6. The number of thioether (sulfide) groups is 1. The van der Waals surface area contributed by atoms with Gasteiger partial charge in [0.05, 0.1) is 11.3 Å². The molecule has 0 saturated heterocycles. The highest BCUT2D eigenvalue weighted by Crippen LogP contribution is 2.25. The third-order valence-electron chi connectivity index (χ3n) is 3.54.